The summed E-state index contributed by atoms with van der Waals surface area (Å²) in [5.74, 6) is -0.450. The molecule has 6 nitrogen and oxygen atoms in total. The van der Waals surface area contributed by atoms with E-state index in [-0.39, 0.29) is 5.69 Å². The van der Waals surface area contributed by atoms with Crippen LogP contribution in [0.5, 0.6) is 0 Å². The van der Waals surface area contributed by atoms with Gasteiger partial charge in [-0.2, -0.15) is 0 Å². The molecular weight excluding hydrogens is 256 g/mol. The van der Waals surface area contributed by atoms with Crippen molar-refractivity contribution >= 4 is 5.97 Å². The quantitative estimate of drug-likeness (QED) is 0.875. The van der Waals surface area contributed by atoms with E-state index >= 15 is 0 Å². The zero-order chi connectivity index (χ0) is 14.5. The second-order valence-corrected chi connectivity index (χ2v) is 5.09. The summed E-state index contributed by atoms with van der Waals surface area (Å²) in [6.45, 7) is 4.98. The Kier molecular flexibility index (Phi) is 4.45. The topological polar surface area (TPSA) is 80.9 Å². The highest BCUT2D eigenvalue weighted by Gasteiger charge is 2.20. The van der Waals surface area contributed by atoms with Crippen molar-refractivity contribution in [3.05, 3.63) is 30.2 Å². The molecule has 0 unspecified atom stereocenters. The molecule has 20 heavy (non-hydrogen) atoms. The van der Waals surface area contributed by atoms with Crippen LogP contribution in [0.3, 0.4) is 0 Å². The Morgan fingerprint density at radius 1 is 1.35 bits per heavy atom. The van der Waals surface area contributed by atoms with E-state index in [1.54, 1.807) is 29.2 Å². The van der Waals surface area contributed by atoms with Crippen molar-refractivity contribution < 1.29 is 9.90 Å². The van der Waals surface area contributed by atoms with Crippen molar-refractivity contribution in [3.8, 4) is 11.3 Å². The highest BCUT2D eigenvalue weighted by Crippen LogP contribution is 2.22. The molecule has 2 heterocycles. The van der Waals surface area contributed by atoms with Gasteiger partial charge in [-0.3, -0.25) is 4.98 Å². The van der Waals surface area contributed by atoms with E-state index in [0.717, 1.165) is 18.4 Å². The van der Waals surface area contributed by atoms with Crippen molar-refractivity contribution in [1.82, 2.24) is 20.0 Å². The van der Waals surface area contributed by atoms with E-state index in [1.165, 1.54) is 0 Å². The van der Waals surface area contributed by atoms with Crippen molar-refractivity contribution in [2.24, 2.45) is 5.92 Å². The molecule has 0 aromatic carbocycles. The summed E-state index contributed by atoms with van der Waals surface area (Å²) in [6.07, 6.45) is 5.27. The van der Waals surface area contributed by atoms with Gasteiger partial charge in [-0.05, 0) is 30.9 Å². The maximum Gasteiger partial charge on any atom is 0.358 e. The molecule has 1 N–H and O–H groups in total. The summed E-state index contributed by atoms with van der Waals surface area (Å²) in [5.41, 5.74) is 1.30. The average Bonchev–Trinajstić information content (AvgIpc) is 2.83. The Hall–Kier alpha value is -2.24. The van der Waals surface area contributed by atoms with Gasteiger partial charge in [0.05, 0.1) is 0 Å². The molecule has 6 heteroatoms. The van der Waals surface area contributed by atoms with Gasteiger partial charge in [-0.1, -0.05) is 19.1 Å². The second-order valence-electron chi connectivity index (χ2n) is 5.09. The largest absolute Gasteiger partial charge is 0.476 e. The van der Waals surface area contributed by atoms with Gasteiger partial charge in [0, 0.05) is 24.5 Å². The molecule has 0 aliphatic carbocycles. The van der Waals surface area contributed by atoms with Crippen LogP contribution < -0.4 is 0 Å². The van der Waals surface area contributed by atoms with Gasteiger partial charge in [0.25, 0.3) is 0 Å². The molecule has 0 spiro atoms. The lowest BCUT2D eigenvalue weighted by Crippen LogP contribution is -2.06. The number of aromatic carboxylic acids is 1. The number of aryl methyl sites for hydroxylation is 1. The van der Waals surface area contributed by atoms with E-state index < -0.39 is 5.97 Å². The van der Waals surface area contributed by atoms with Crippen LogP contribution >= 0.6 is 0 Å². The first-order valence-electron chi connectivity index (χ1n) is 6.66. The van der Waals surface area contributed by atoms with Gasteiger partial charge in [0.1, 0.15) is 5.69 Å². The first kappa shape index (κ1) is 14.2. The molecule has 0 bridgehead atoms. The van der Waals surface area contributed by atoms with E-state index in [4.69, 9.17) is 0 Å². The second kappa shape index (κ2) is 6.27. The third-order valence-electron chi connectivity index (χ3n) is 3.04. The average molecular weight is 274 g/mol. The molecule has 106 valence electrons. The number of nitrogens with zero attached hydrogens (tertiary/aromatic N) is 4. The fourth-order valence-electron chi connectivity index (χ4n) is 2.06. The van der Waals surface area contributed by atoms with Crippen LogP contribution in [0.2, 0.25) is 0 Å². The van der Waals surface area contributed by atoms with Crippen LogP contribution in [-0.2, 0) is 6.54 Å². The zero-order valence-electron chi connectivity index (χ0n) is 11.7. The molecule has 0 amide bonds. The Morgan fingerprint density at radius 3 is 2.65 bits per heavy atom. The van der Waals surface area contributed by atoms with E-state index in [1.807, 2.05) is 0 Å². The first-order valence-corrected chi connectivity index (χ1v) is 6.66. The van der Waals surface area contributed by atoms with Gasteiger partial charge in [-0.25, -0.2) is 9.48 Å². The molecule has 2 aromatic heterocycles. The lowest BCUT2D eigenvalue weighted by Gasteiger charge is -2.08. The molecule has 0 saturated carbocycles. The van der Waals surface area contributed by atoms with E-state index in [2.05, 4.69) is 29.1 Å². The summed E-state index contributed by atoms with van der Waals surface area (Å²) in [6, 6.07) is 3.54. The smallest absolute Gasteiger partial charge is 0.358 e. The highest BCUT2D eigenvalue weighted by molar-refractivity contribution is 5.92. The Labute approximate surface area is 117 Å². The molecule has 0 aliphatic heterocycles. The number of carboxylic acid groups (broad SMARTS) is 1. The van der Waals surface area contributed by atoms with Crippen molar-refractivity contribution in [2.45, 2.75) is 33.2 Å². The number of pyridine rings is 1. The number of carbonyl (C=O) groups is 1. The zero-order valence-corrected chi connectivity index (χ0v) is 11.7. The monoisotopic (exact) mass is 274 g/mol. The maximum atomic E-state index is 11.3. The molecule has 2 aromatic rings. The summed E-state index contributed by atoms with van der Waals surface area (Å²) < 4.78 is 1.67. The Balaban J connectivity index is 2.31. The SMILES string of the molecule is CC(C)CCCn1nnc(C(=O)O)c1-c1ccncc1. The lowest BCUT2D eigenvalue weighted by molar-refractivity contribution is 0.0691. The standard InChI is InChI=1S/C14H18N4O2/c1-10(2)4-3-9-18-13(11-5-7-15-8-6-11)12(14(19)20)16-17-18/h5-8,10H,3-4,9H2,1-2H3,(H,19,20). The van der Waals surface area contributed by atoms with Gasteiger partial charge >= 0.3 is 5.97 Å². The van der Waals surface area contributed by atoms with E-state index in [0.29, 0.717) is 18.2 Å². The van der Waals surface area contributed by atoms with Crippen LogP contribution in [0.1, 0.15) is 37.2 Å². The molecule has 0 fully saturated rings. The summed E-state index contributed by atoms with van der Waals surface area (Å²) >= 11 is 0. The van der Waals surface area contributed by atoms with E-state index in [9.17, 15) is 9.90 Å². The van der Waals surface area contributed by atoms with Crippen LogP contribution in [0.4, 0.5) is 0 Å². The third kappa shape index (κ3) is 3.20. The van der Waals surface area contributed by atoms with Crippen molar-refractivity contribution in [2.75, 3.05) is 0 Å². The van der Waals surface area contributed by atoms with Gasteiger partial charge < -0.3 is 5.11 Å². The number of aromatic nitrogens is 4. The van der Waals surface area contributed by atoms with Crippen LogP contribution in [-0.4, -0.2) is 31.1 Å². The number of rotatable bonds is 6. The number of hydrogen-bond acceptors (Lipinski definition) is 4. The molecule has 0 saturated heterocycles. The Morgan fingerprint density at radius 2 is 2.05 bits per heavy atom. The summed E-state index contributed by atoms with van der Waals surface area (Å²) in [5, 5.41) is 17.0. The fraction of sp³-hybridized carbons (Fsp3) is 0.429. The van der Waals surface area contributed by atoms with Gasteiger partial charge in [-0.15, -0.1) is 5.10 Å². The normalized spacial score (nSPS) is 10.9. The Bertz CT molecular complexity index is 578. The minimum atomic E-state index is -1.06. The predicted molar refractivity (Wildman–Crippen MR) is 74.3 cm³/mol. The van der Waals surface area contributed by atoms with Crippen molar-refractivity contribution in [3.63, 3.8) is 0 Å². The minimum absolute atomic E-state index is 0.0132. The van der Waals surface area contributed by atoms with Crippen molar-refractivity contribution in [1.29, 1.82) is 0 Å². The summed E-state index contributed by atoms with van der Waals surface area (Å²) in [4.78, 5) is 15.2. The van der Waals surface area contributed by atoms with Crippen LogP contribution in [0, 0.1) is 5.92 Å². The van der Waals surface area contributed by atoms with Gasteiger partial charge in [0.2, 0.25) is 0 Å². The molecule has 2 rings (SSSR count). The third-order valence-corrected chi connectivity index (χ3v) is 3.04. The van der Waals surface area contributed by atoms with Crippen LogP contribution in [0.15, 0.2) is 24.5 Å². The maximum absolute atomic E-state index is 11.3. The van der Waals surface area contributed by atoms with Crippen LogP contribution in [0.25, 0.3) is 11.3 Å². The number of hydrogen-bond donors (Lipinski definition) is 1. The van der Waals surface area contributed by atoms with Gasteiger partial charge in [0.15, 0.2) is 5.69 Å². The number of carboxylic acids is 1. The first-order chi connectivity index (χ1) is 9.59. The minimum Gasteiger partial charge on any atom is -0.476 e. The predicted octanol–water partition coefficient (Wildman–Crippen LogP) is 2.47. The molecule has 0 radical (unpaired) electrons. The molecular formula is C14H18N4O2. The lowest BCUT2D eigenvalue weighted by atomic mass is 10.1. The molecule has 0 aliphatic rings. The highest BCUT2D eigenvalue weighted by atomic mass is 16.4. The molecule has 0 atom stereocenters. The fourth-order valence-corrected chi connectivity index (χ4v) is 2.06. The summed E-state index contributed by atoms with van der Waals surface area (Å²) in [7, 11) is 0.